The van der Waals surface area contributed by atoms with Gasteiger partial charge in [-0.15, -0.1) is 12.4 Å². The van der Waals surface area contributed by atoms with Gasteiger partial charge in [-0.2, -0.15) is 0 Å². The van der Waals surface area contributed by atoms with Crippen LogP contribution in [0, 0.1) is 12.8 Å². The topological polar surface area (TPSA) is 112 Å². The van der Waals surface area contributed by atoms with Crippen LogP contribution >= 0.6 is 12.4 Å². The fourth-order valence-corrected chi connectivity index (χ4v) is 5.78. The molecule has 0 bridgehead atoms. The summed E-state index contributed by atoms with van der Waals surface area (Å²) in [7, 11) is 0. The van der Waals surface area contributed by atoms with E-state index in [1.54, 1.807) is 17.9 Å². The highest BCUT2D eigenvalue weighted by Crippen LogP contribution is 2.41. The number of hydrogen-bond donors (Lipinski definition) is 3. The van der Waals surface area contributed by atoms with Gasteiger partial charge in [0.05, 0.1) is 19.8 Å². The highest BCUT2D eigenvalue weighted by atomic mass is 35.5. The molecule has 0 spiro atoms. The van der Waals surface area contributed by atoms with Crippen LogP contribution in [0.4, 0.5) is 5.69 Å². The highest BCUT2D eigenvalue weighted by Gasteiger charge is 2.32. The van der Waals surface area contributed by atoms with Gasteiger partial charge in [0.2, 0.25) is 5.91 Å². The molecule has 0 radical (unpaired) electrons. The van der Waals surface area contributed by atoms with E-state index in [0.717, 1.165) is 37.1 Å². The minimum atomic E-state index is -0.377. The van der Waals surface area contributed by atoms with Gasteiger partial charge >= 0.3 is 0 Å². The molecule has 10 heteroatoms. The maximum absolute atomic E-state index is 13.8. The summed E-state index contributed by atoms with van der Waals surface area (Å²) in [4.78, 5) is 30.3. The molecule has 1 saturated carbocycles. The number of ether oxygens (including phenoxy) is 2. The molecule has 1 saturated heterocycles. The lowest BCUT2D eigenvalue weighted by Gasteiger charge is -2.25. The molecule has 5 rings (SSSR count). The molecule has 2 aromatic carbocycles. The molecule has 0 unspecified atom stereocenters. The Morgan fingerprint density at radius 3 is 2.61 bits per heavy atom. The second-order valence-corrected chi connectivity index (χ2v) is 11.0. The lowest BCUT2D eigenvalue weighted by atomic mass is 9.90. The summed E-state index contributed by atoms with van der Waals surface area (Å²) < 4.78 is 11.5. The molecule has 0 aromatic heterocycles. The van der Waals surface area contributed by atoms with Gasteiger partial charge in [0, 0.05) is 61.7 Å². The maximum atomic E-state index is 13.8. The second-order valence-electron chi connectivity index (χ2n) is 11.0. The molecule has 2 aromatic rings. The molecule has 9 nitrogen and oxygen atoms in total. The van der Waals surface area contributed by atoms with Crippen molar-refractivity contribution in [1.29, 1.82) is 0 Å². The van der Waals surface area contributed by atoms with Crippen LogP contribution in [0.15, 0.2) is 36.4 Å². The fraction of sp³-hybridized carbons (Fsp3) is 0.484. The van der Waals surface area contributed by atoms with Crippen LogP contribution in [0.25, 0.3) is 0 Å². The number of nitrogens with one attached hydrogen (secondary N) is 1. The van der Waals surface area contributed by atoms with E-state index in [-0.39, 0.29) is 53.6 Å². The first kappa shape index (κ1) is 30.7. The molecule has 2 heterocycles. The summed E-state index contributed by atoms with van der Waals surface area (Å²) in [6, 6.07) is 6.84. The van der Waals surface area contributed by atoms with Crippen molar-refractivity contribution in [3.05, 3.63) is 58.7 Å². The molecule has 3 aliphatic rings. The molecular formula is C31H40ClN3O6. The number of fused-ring (bicyclic) bond motifs is 1. The van der Waals surface area contributed by atoms with E-state index in [0.29, 0.717) is 50.1 Å². The summed E-state index contributed by atoms with van der Waals surface area (Å²) in [5.74, 6) is -0.380. The molecule has 2 amide bonds. The third-order valence-corrected chi connectivity index (χ3v) is 8.15. The Hall–Kier alpha value is -3.27. The molecule has 2 fully saturated rings. The highest BCUT2D eigenvalue weighted by molar-refractivity contribution is 6.02. The van der Waals surface area contributed by atoms with Crippen LogP contribution in [0.5, 0.6) is 17.2 Å². The van der Waals surface area contributed by atoms with Crippen LogP contribution in [-0.4, -0.2) is 71.3 Å². The average Bonchev–Trinajstić information content (AvgIpc) is 3.41. The number of phenolic OH excluding ortho intramolecular Hbond substituents is 2. The zero-order chi connectivity index (χ0) is 28.1. The van der Waals surface area contributed by atoms with E-state index < -0.39 is 0 Å². The zero-order valence-electron chi connectivity index (χ0n) is 23.6. The quantitative estimate of drug-likeness (QED) is 0.383. The second kappa shape index (κ2) is 14.1. The Morgan fingerprint density at radius 1 is 1.10 bits per heavy atom. The standard InChI is InChI=1S/C31H39N3O6.ClH/c1-21-26(35)17-27(36)29(30(21)40-20-22-7-3-2-4-8-22)31(38)34-18-23-9-5-10-25(24(23)19-34)32-28(37)11-6-12-33-13-15-39-16-14-33;/h5-6,9-11,17,22,35-36H,2-4,7-8,12-16,18-20H2,1H3,(H,32,37);1H/b11-6+;. The third-order valence-electron chi connectivity index (χ3n) is 8.15. The normalized spacial score (nSPS) is 17.7. The number of benzene rings is 2. The molecule has 2 aliphatic heterocycles. The average molecular weight is 586 g/mol. The van der Waals surface area contributed by atoms with Gasteiger partial charge in [-0.05, 0) is 37.3 Å². The molecule has 1 aliphatic carbocycles. The number of amides is 2. The van der Waals surface area contributed by atoms with Crippen molar-refractivity contribution in [3.63, 3.8) is 0 Å². The van der Waals surface area contributed by atoms with Crippen LogP contribution in [0.1, 0.15) is 59.2 Å². The zero-order valence-corrected chi connectivity index (χ0v) is 24.4. The van der Waals surface area contributed by atoms with Crippen molar-refractivity contribution in [1.82, 2.24) is 9.80 Å². The summed E-state index contributed by atoms with van der Waals surface area (Å²) in [6.45, 7) is 6.57. The van der Waals surface area contributed by atoms with E-state index in [1.807, 2.05) is 24.3 Å². The number of rotatable bonds is 8. The van der Waals surface area contributed by atoms with Crippen LogP contribution < -0.4 is 10.1 Å². The smallest absolute Gasteiger partial charge is 0.262 e. The Labute approximate surface area is 247 Å². The van der Waals surface area contributed by atoms with Crippen molar-refractivity contribution in [2.75, 3.05) is 44.8 Å². The summed E-state index contributed by atoms with van der Waals surface area (Å²) >= 11 is 0. The van der Waals surface area contributed by atoms with Gasteiger partial charge in [-0.1, -0.05) is 37.5 Å². The van der Waals surface area contributed by atoms with Crippen molar-refractivity contribution < 1.29 is 29.3 Å². The number of anilines is 1. The van der Waals surface area contributed by atoms with Gasteiger partial charge in [-0.3, -0.25) is 14.5 Å². The Morgan fingerprint density at radius 2 is 1.85 bits per heavy atom. The molecule has 0 atom stereocenters. The fourth-order valence-electron chi connectivity index (χ4n) is 5.78. The Balaban J connectivity index is 0.00000387. The number of carbonyl (C=O) groups is 2. The number of morpholine rings is 1. The predicted octanol–water partition coefficient (Wildman–Crippen LogP) is 4.77. The maximum Gasteiger partial charge on any atom is 0.262 e. The first-order valence-electron chi connectivity index (χ1n) is 14.3. The van der Waals surface area contributed by atoms with Crippen molar-refractivity contribution >= 4 is 29.9 Å². The lowest BCUT2D eigenvalue weighted by Crippen LogP contribution is -2.36. The summed E-state index contributed by atoms with van der Waals surface area (Å²) in [6.07, 6.45) is 9.10. The van der Waals surface area contributed by atoms with Crippen molar-refractivity contribution in [2.45, 2.75) is 52.1 Å². The van der Waals surface area contributed by atoms with Crippen LogP contribution in [0.3, 0.4) is 0 Å². The van der Waals surface area contributed by atoms with Crippen molar-refractivity contribution in [3.8, 4) is 17.2 Å². The van der Waals surface area contributed by atoms with E-state index in [1.165, 1.54) is 25.3 Å². The first-order chi connectivity index (χ1) is 19.4. The third kappa shape index (κ3) is 7.33. The van der Waals surface area contributed by atoms with Gasteiger partial charge in [0.15, 0.2) is 0 Å². The van der Waals surface area contributed by atoms with E-state index >= 15 is 0 Å². The summed E-state index contributed by atoms with van der Waals surface area (Å²) in [5.41, 5.74) is 2.96. The van der Waals surface area contributed by atoms with Gasteiger partial charge in [0.25, 0.3) is 5.91 Å². The first-order valence-corrected chi connectivity index (χ1v) is 14.3. The molecule has 3 N–H and O–H groups in total. The predicted molar refractivity (Wildman–Crippen MR) is 159 cm³/mol. The number of phenols is 2. The van der Waals surface area contributed by atoms with Gasteiger partial charge < -0.3 is 29.9 Å². The SMILES string of the molecule is Cc1c(O)cc(O)c(C(=O)N2Cc3cccc(NC(=O)/C=C/CN4CCOCC4)c3C2)c1OCC1CCCCC1.Cl. The molecule has 41 heavy (non-hydrogen) atoms. The van der Waals surface area contributed by atoms with Crippen LogP contribution in [0.2, 0.25) is 0 Å². The largest absolute Gasteiger partial charge is 0.507 e. The number of aromatic hydroxyl groups is 2. The lowest BCUT2D eigenvalue weighted by molar-refractivity contribution is -0.111. The Kier molecular flexibility index (Phi) is 10.5. The monoisotopic (exact) mass is 585 g/mol. The summed E-state index contributed by atoms with van der Waals surface area (Å²) in [5, 5.41) is 24.1. The minimum absolute atomic E-state index is 0. The van der Waals surface area contributed by atoms with Gasteiger partial charge in [0.1, 0.15) is 22.8 Å². The van der Waals surface area contributed by atoms with E-state index in [9.17, 15) is 19.8 Å². The molecule has 222 valence electrons. The van der Waals surface area contributed by atoms with Crippen molar-refractivity contribution in [2.24, 2.45) is 5.92 Å². The minimum Gasteiger partial charge on any atom is -0.507 e. The number of halogens is 1. The molecular weight excluding hydrogens is 546 g/mol. The number of carbonyl (C=O) groups excluding carboxylic acids is 2. The van der Waals surface area contributed by atoms with E-state index in [2.05, 4.69) is 10.2 Å². The van der Waals surface area contributed by atoms with E-state index in [4.69, 9.17) is 9.47 Å². The van der Waals surface area contributed by atoms with Crippen LogP contribution in [-0.2, 0) is 22.6 Å². The number of hydrogen-bond acceptors (Lipinski definition) is 7. The number of nitrogens with zero attached hydrogens (tertiary/aromatic N) is 2. The Bertz CT molecular complexity index is 1270. The van der Waals surface area contributed by atoms with Gasteiger partial charge in [-0.25, -0.2) is 0 Å².